The standard InChI is InChI=1S/C11H13Cl2NOS/c12-7-1-4-10(13)11(5-7)16(15)9-3-2-8(14)6-9/h1,4-5,8-9H,2-3,6,14H2. The fraction of sp³-hybridized carbons (Fsp3) is 0.455. The molecule has 1 aliphatic rings. The van der Waals surface area contributed by atoms with Gasteiger partial charge in [-0.25, -0.2) is 0 Å². The fourth-order valence-electron chi connectivity index (χ4n) is 1.98. The van der Waals surface area contributed by atoms with Crippen molar-refractivity contribution >= 4 is 34.0 Å². The van der Waals surface area contributed by atoms with Crippen LogP contribution in [0.3, 0.4) is 0 Å². The zero-order chi connectivity index (χ0) is 11.7. The summed E-state index contributed by atoms with van der Waals surface area (Å²) in [6, 6.07) is 5.24. The molecule has 0 aromatic heterocycles. The van der Waals surface area contributed by atoms with Crippen LogP contribution in [-0.2, 0) is 10.8 Å². The van der Waals surface area contributed by atoms with Gasteiger partial charge in [0.25, 0.3) is 0 Å². The molecule has 3 unspecified atom stereocenters. The van der Waals surface area contributed by atoms with Crippen molar-refractivity contribution in [1.29, 1.82) is 0 Å². The van der Waals surface area contributed by atoms with Gasteiger partial charge in [0.05, 0.1) is 20.7 Å². The summed E-state index contributed by atoms with van der Waals surface area (Å²) in [7, 11) is -1.10. The highest BCUT2D eigenvalue weighted by atomic mass is 35.5. The first-order valence-corrected chi connectivity index (χ1v) is 7.16. The van der Waals surface area contributed by atoms with E-state index in [-0.39, 0.29) is 11.3 Å². The van der Waals surface area contributed by atoms with E-state index in [1.807, 2.05) is 0 Å². The Balaban J connectivity index is 2.23. The largest absolute Gasteiger partial charge is 0.328 e. The molecule has 1 fully saturated rings. The summed E-state index contributed by atoms with van der Waals surface area (Å²) in [6.07, 6.45) is 2.64. The van der Waals surface area contributed by atoms with Gasteiger partial charge in [-0.1, -0.05) is 23.2 Å². The zero-order valence-electron chi connectivity index (χ0n) is 8.66. The van der Waals surface area contributed by atoms with Gasteiger partial charge >= 0.3 is 0 Å². The summed E-state index contributed by atoms with van der Waals surface area (Å²) in [5.74, 6) is 0. The lowest BCUT2D eigenvalue weighted by Crippen LogP contribution is -2.18. The van der Waals surface area contributed by atoms with Crippen molar-refractivity contribution in [2.75, 3.05) is 0 Å². The van der Waals surface area contributed by atoms with Gasteiger partial charge < -0.3 is 5.73 Å². The van der Waals surface area contributed by atoms with Crippen LogP contribution in [0.5, 0.6) is 0 Å². The Labute approximate surface area is 108 Å². The molecule has 5 heteroatoms. The molecule has 16 heavy (non-hydrogen) atoms. The van der Waals surface area contributed by atoms with Crippen LogP contribution in [0.4, 0.5) is 0 Å². The van der Waals surface area contributed by atoms with E-state index < -0.39 is 10.8 Å². The van der Waals surface area contributed by atoms with Crippen LogP contribution in [0.15, 0.2) is 23.1 Å². The van der Waals surface area contributed by atoms with Gasteiger partial charge in [-0.3, -0.25) is 4.21 Å². The second kappa shape index (κ2) is 5.05. The molecule has 3 atom stereocenters. The van der Waals surface area contributed by atoms with E-state index in [4.69, 9.17) is 28.9 Å². The maximum atomic E-state index is 12.3. The first-order chi connectivity index (χ1) is 7.58. The second-order valence-corrected chi connectivity index (χ2v) is 6.61. The Kier molecular flexibility index (Phi) is 3.90. The van der Waals surface area contributed by atoms with Crippen molar-refractivity contribution in [3.63, 3.8) is 0 Å². The van der Waals surface area contributed by atoms with E-state index in [2.05, 4.69) is 0 Å². The minimum absolute atomic E-state index is 0.117. The molecule has 1 aromatic carbocycles. The predicted octanol–water partition coefficient (Wildman–Crippen LogP) is 2.98. The van der Waals surface area contributed by atoms with Gasteiger partial charge in [-0.2, -0.15) is 0 Å². The molecule has 2 nitrogen and oxygen atoms in total. The van der Waals surface area contributed by atoms with Gasteiger partial charge in [0.1, 0.15) is 0 Å². The third kappa shape index (κ3) is 2.59. The highest BCUT2D eigenvalue weighted by Crippen LogP contribution is 2.31. The third-order valence-electron chi connectivity index (χ3n) is 2.84. The lowest BCUT2D eigenvalue weighted by atomic mass is 10.3. The molecule has 1 aliphatic carbocycles. The van der Waals surface area contributed by atoms with Gasteiger partial charge in [0.15, 0.2) is 0 Å². The minimum Gasteiger partial charge on any atom is -0.328 e. The summed E-state index contributed by atoms with van der Waals surface area (Å²) in [4.78, 5) is 0.633. The van der Waals surface area contributed by atoms with E-state index in [0.29, 0.717) is 14.9 Å². The molecule has 0 bridgehead atoms. The number of rotatable bonds is 2. The topological polar surface area (TPSA) is 43.1 Å². The zero-order valence-corrected chi connectivity index (χ0v) is 11.0. The van der Waals surface area contributed by atoms with Gasteiger partial charge in [-0.05, 0) is 37.5 Å². The molecule has 0 saturated heterocycles. The number of nitrogens with two attached hydrogens (primary N) is 1. The van der Waals surface area contributed by atoms with Crippen molar-refractivity contribution < 1.29 is 4.21 Å². The minimum atomic E-state index is -1.10. The maximum Gasteiger partial charge on any atom is 0.0591 e. The quantitative estimate of drug-likeness (QED) is 0.903. The smallest absolute Gasteiger partial charge is 0.0591 e. The summed E-state index contributed by atoms with van der Waals surface area (Å²) >= 11 is 11.9. The summed E-state index contributed by atoms with van der Waals surface area (Å²) in [5, 5.41) is 1.20. The average Bonchev–Trinajstić information content (AvgIpc) is 2.67. The molecule has 0 amide bonds. The van der Waals surface area contributed by atoms with Crippen LogP contribution >= 0.6 is 23.2 Å². The summed E-state index contributed by atoms with van der Waals surface area (Å²) < 4.78 is 12.3. The van der Waals surface area contributed by atoms with Crippen molar-refractivity contribution in [3.8, 4) is 0 Å². The molecular weight excluding hydrogens is 265 g/mol. The highest BCUT2D eigenvalue weighted by Gasteiger charge is 2.28. The molecule has 0 spiro atoms. The molecule has 0 heterocycles. The molecule has 0 radical (unpaired) electrons. The van der Waals surface area contributed by atoms with E-state index in [1.165, 1.54) is 0 Å². The Morgan fingerprint density at radius 3 is 2.69 bits per heavy atom. The second-order valence-electron chi connectivity index (χ2n) is 4.07. The third-order valence-corrected chi connectivity index (χ3v) is 5.32. The summed E-state index contributed by atoms with van der Waals surface area (Å²) in [6.45, 7) is 0. The lowest BCUT2D eigenvalue weighted by molar-refractivity contribution is 0.664. The van der Waals surface area contributed by atoms with E-state index in [1.54, 1.807) is 18.2 Å². The maximum absolute atomic E-state index is 12.3. The van der Waals surface area contributed by atoms with Crippen molar-refractivity contribution in [1.82, 2.24) is 0 Å². The van der Waals surface area contributed by atoms with Crippen LogP contribution in [0, 0.1) is 0 Å². The molecule has 1 aromatic rings. The molecule has 1 saturated carbocycles. The monoisotopic (exact) mass is 277 g/mol. The van der Waals surface area contributed by atoms with Crippen LogP contribution in [0.25, 0.3) is 0 Å². The number of halogens is 2. The SMILES string of the molecule is NC1CCC(S(=O)c2cc(Cl)ccc2Cl)C1. The van der Waals surface area contributed by atoms with E-state index in [9.17, 15) is 4.21 Å². The number of hydrogen-bond acceptors (Lipinski definition) is 2. The van der Waals surface area contributed by atoms with Crippen molar-refractivity contribution in [2.24, 2.45) is 5.73 Å². The Morgan fingerprint density at radius 1 is 1.31 bits per heavy atom. The Morgan fingerprint density at radius 2 is 2.06 bits per heavy atom. The van der Waals surface area contributed by atoms with Gasteiger partial charge in [0, 0.05) is 16.3 Å². The molecular formula is C11H13Cl2NOS. The molecule has 88 valence electrons. The van der Waals surface area contributed by atoms with Gasteiger partial charge in [-0.15, -0.1) is 0 Å². The highest BCUT2D eigenvalue weighted by molar-refractivity contribution is 7.85. The van der Waals surface area contributed by atoms with Crippen molar-refractivity contribution in [3.05, 3.63) is 28.2 Å². The molecule has 2 rings (SSSR count). The number of hydrogen-bond donors (Lipinski definition) is 1. The lowest BCUT2D eigenvalue weighted by Gasteiger charge is -2.11. The van der Waals surface area contributed by atoms with E-state index in [0.717, 1.165) is 19.3 Å². The Hall–Kier alpha value is -0.0900. The van der Waals surface area contributed by atoms with E-state index >= 15 is 0 Å². The average molecular weight is 278 g/mol. The van der Waals surface area contributed by atoms with Crippen LogP contribution in [0.2, 0.25) is 10.0 Å². The molecule has 0 aliphatic heterocycles. The van der Waals surface area contributed by atoms with Crippen LogP contribution in [0.1, 0.15) is 19.3 Å². The first-order valence-electron chi connectivity index (χ1n) is 5.19. The first kappa shape index (κ1) is 12.4. The van der Waals surface area contributed by atoms with Gasteiger partial charge in [0.2, 0.25) is 0 Å². The van der Waals surface area contributed by atoms with Crippen molar-refractivity contribution in [2.45, 2.75) is 35.4 Å². The molecule has 2 N–H and O–H groups in total. The summed E-state index contributed by atoms with van der Waals surface area (Å²) in [5.41, 5.74) is 5.82. The van der Waals surface area contributed by atoms with Crippen LogP contribution in [-0.4, -0.2) is 15.5 Å². The van der Waals surface area contributed by atoms with Crippen LogP contribution < -0.4 is 5.73 Å². The Bertz CT molecular complexity index is 424. The predicted molar refractivity (Wildman–Crippen MR) is 68.5 cm³/mol. The number of benzene rings is 1. The fourth-order valence-corrected chi connectivity index (χ4v) is 4.20. The normalized spacial score (nSPS) is 26.9.